The van der Waals surface area contributed by atoms with Gasteiger partial charge < -0.3 is 15.5 Å². The van der Waals surface area contributed by atoms with Crippen LogP contribution in [0.5, 0.6) is 0 Å². The predicted octanol–water partition coefficient (Wildman–Crippen LogP) is 3.59. The molecule has 5 heteroatoms. The highest BCUT2D eigenvalue weighted by Crippen LogP contribution is 2.25. The zero-order valence-electron chi connectivity index (χ0n) is 19.3. The minimum atomic E-state index is -0.0570. The van der Waals surface area contributed by atoms with Gasteiger partial charge in [-0.15, -0.1) is 0 Å². The molecule has 2 aromatic carbocycles. The maximum absolute atomic E-state index is 12.5. The molecule has 2 amide bonds. The first-order chi connectivity index (χ1) is 14.0. The molecule has 0 saturated carbocycles. The van der Waals surface area contributed by atoms with E-state index in [9.17, 15) is 9.59 Å². The molecule has 3 N–H and O–H groups in total. The quantitative estimate of drug-likeness (QED) is 0.733. The molecular weight excluding hydrogens is 374 g/mol. The Kier molecular flexibility index (Phi) is 7.79. The maximum atomic E-state index is 12.5. The van der Waals surface area contributed by atoms with Crippen LogP contribution in [0.25, 0.3) is 0 Å². The van der Waals surface area contributed by atoms with Crippen LogP contribution in [0.4, 0.5) is 5.69 Å². The molecule has 0 aromatic heterocycles. The van der Waals surface area contributed by atoms with E-state index in [-0.39, 0.29) is 23.3 Å². The molecule has 0 spiro atoms. The Hall–Kier alpha value is -2.66. The topological polar surface area (TPSA) is 66.0 Å². The number of carbonyl (C=O) groups is 2. The summed E-state index contributed by atoms with van der Waals surface area (Å²) in [4.78, 5) is 26.0. The van der Waals surface area contributed by atoms with Gasteiger partial charge in [0.1, 0.15) is 6.04 Å². The summed E-state index contributed by atoms with van der Waals surface area (Å²) >= 11 is 0. The molecular formula is C25H36N3O2+. The Morgan fingerprint density at radius 1 is 0.967 bits per heavy atom. The lowest BCUT2D eigenvalue weighted by atomic mass is 9.85. The number of nitrogens with two attached hydrogens (primary N) is 1. The first-order valence-electron chi connectivity index (χ1n) is 10.5. The van der Waals surface area contributed by atoms with Gasteiger partial charge in [0, 0.05) is 36.8 Å². The summed E-state index contributed by atoms with van der Waals surface area (Å²) in [5, 5.41) is 5.01. The van der Waals surface area contributed by atoms with Crippen molar-refractivity contribution in [1.82, 2.24) is 4.90 Å². The first-order valence-corrected chi connectivity index (χ1v) is 10.5. The van der Waals surface area contributed by atoms with Crippen LogP contribution in [0.3, 0.4) is 0 Å². The van der Waals surface area contributed by atoms with Crippen molar-refractivity contribution in [3.05, 3.63) is 65.2 Å². The second-order valence-electron chi connectivity index (χ2n) is 9.41. The molecule has 0 unspecified atom stereocenters. The third-order valence-electron chi connectivity index (χ3n) is 5.26. The van der Waals surface area contributed by atoms with Crippen molar-refractivity contribution in [2.75, 3.05) is 26.0 Å². The van der Waals surface area contributed by atoms with Gasteiger partial charge in [0.15, 0.2) is 6.54 Å². The van der Waals surface area contributed by atoms with E-state index in [0.29, 0.717) is 23.7 Å². The Balaban J connectivity index is 1.98. The van der Waals surface area contributed by atoms with Crippen molar-refractivity contribution < 1.29 is 14.9 Å². The molecule has 1 atom stereocenters. The largest absolute Gasteiger partial charge is 0.345 e. The number of hydrogen-bond donors (Lipinski definition) is 2. The van der Waals surface area contributed by atoms with Crippen LogP contribution in [0.2, 0.25) is 0 Å². The summed E-state index contributed by atoms with van der Waals surface area (Å²) in [5.74, 6) is 0.284. The van der Waals surface area contributed by atoms with Crippen LogP contribution in [-0.4, -0.2) is 37.4 Å². The van der Waals surface area contributed by atoms with Gasteiger partial charge >= 0.3 is 0 Å². The Bertz CT molecular complexity index is 847. The van der Waals surface area contributed by atoms with Crippen molar-refractivity contribution in [1.29, 1.82) is 0 Å². The highest BCUT2D eigenvalue weighted by Gasteiger charge is 2.22. The molecule has 0 aliphatic heterocycles. The fraction of sp³-hybridized carbons (Fsp3) is 0.440. The molecule has 0 bridgehead atoms. The average Bonchev–Trinajstić information content (AvgIpc) is 2.67. The number of rotatable bonds is 7. The fourth-order valence-corrected chi connectivity index (χ4v) is 3.40. The van der Waals surface area contributed by atoms with E-state index in [1.807, 2.05) is 0 Å². The van der Waals surface area contributed by atoms with E-state index in [1.165, 1.54) is 16.0 Å². The molecule has 0 saturated heterocycles. The van der Waals surface area contributed by atoms with Crippen molar-refractivity contribution in [2.45, 2.75) is 46.1 Å². The summed E-state index contributed by atoms with van der Waals surface area (Å²) in [6.07, 6.45) is 0. The molecule has 162 valence electrons. The number of amides is 2. The molecule has 5 nitrogen and oxygen atoms in total. The molecule has 2 rings (SSSR count). The lowest BCUT2D eigenvalue weighted by Gasteiger charge is -2.22. The van der Waals surface area contributed by atoms with Crippen LogP contribution >= 0.6 is 0 Å². The number of nitrogens with zero attached hydrogens (tertiary/aromatic N) is 1. The van der Waals surface area contributed by atoms with Crippen LogP contribution in [-0.2, 0) is 10.2 Å². The van der Waals surface area contributed by atoms with Crippen LogP contribution in [0, 0.1) is 5.92 Å². The molecule has 0 heterocycles. The Morgan fingerprint density at radius 3 is 2.00 bits per heavy atom. The lowest BCUT2D eigenvalue weighted by Crippen LogP contribution is -2.88. The number of nitrogens with one attached hydrogen (secondary N) is 1. The van der Waals surface area contributed by atoms with Crippen LogP contribution in [0.15, 0.2) is 48.5 Å². The Labute approximate surface area is 180 Å². The third-order valence-corrected chi connectivity index (χ3v) is 5.26. The average molecular weight is 411 g/mol. The van der Waals surface area contributed by atoms with E-state index in [1.54, 1.807) is 38.4 Å². The standard InChI is InChI=1S/C25H35N3O2/c1-17(2)23(18-8-12-20(13-9-18)25(3,4)5)26-16-22(29)27-21-14-10-19(11-15-21)24(30)28(6)7/h8-15,17,23,26H,16H2,1-7H3,(H,27,29)/p+1/t23-/m0/s1. The lowest BCUT2D eigenvalue weighted by molar-refractivity contribution is -0.692. The first kappa shape index (κ1) is 23.6. The van der Waals surface area contributed by atoms with Crippen molar-refractivity contribution in [3.8, 4) is 0 Å². The normalized spacial score (nSPS) is 12.5. The van der Waals surface area contributed by atoms with E-state index >= 15 is 0 Å². The van der Waals surface area contributed by atoms with E-state index in [4.69, 9.17) is 0 Å². The van der Waals surface area contributed by atoms with Crippen LogP contribution in [0.1, 0.15) is 62.1 Å². The summed E-state index contributed by atoms with van der Waals surface area (Å²) in [5.41, 5.74) is 3.96. The fourth-order valence-electron chi connectivity index (χ4n) is 3.40. The summed E-state index contributed by atoms with van der Waals surface area (Å²) < 4.78 is 0. The number of hydrogen-bond acceptors (Lipinski definition) is 2. The second kappa shape index (κ2) is 9.90. The van der Waals surface area contributed by atoms with Crippen molar-refractivity contribution in [2.24, 2.45) is 5.92 Å². The summed E-state index contributed by atoms with van der Waals surface area (Å²) in [7, 11) is 3.44. The van der Waals surface area contributed by atoms with E-state index < -0.39 is 0 Å². The number of benzene rings is 2. The molecule has 0 fully saturated rings. The van der Waals surface area contributed by atoms with Crippen molar-refractivity contribution in [3.63, 3.8) is 0 Å². The van der Waals surface area contributed by atoms with Gasteiger partial charge in [-0.25, -0.2) is 0 Å². The third kappa shape index (κ3) is 6.42. The van der Waals surface area contributed by atoms with Gasteiger partial charge in [-0.3, -0.25) is 9.59 Å². The number of quaternary nitrogens is 1. The van der Waals surface area contributed by atoms with Gasteiger partial charge in [0.2, 0.25) is 0 Å². The molecule has 2 aromatic rings. The minimum Gasteiger partial charge on any atom is -0.345 e. The second-order valence-corrected chi connectivity index (χ2v) is 9.41. The predicted molar refractivity (Wildman–Crippen MR) is 123 cm³/mol. The van der Waals surface area contributed by atoms with Gasteiger partial charge in [-0.05, 0) is 35.2 Å². The van der Waals surface area contributed by atoms with Gasteiger partial charge in [-0.1, -0.05) is 58.9 Å². The van der Waals surface area contributed by atoms with E-state index in [0.717, 1.165) is 0 Å². The zero-order chi connectivity index (χ0) is 22.5. The number of anilines is 1. The van der Waals surface area contributed by atoms with Crippen molar-refractivity contribution >= 4 is 17.5 Å². The van der Waals surface area contributed by atoms with E-state index in [2.05, 4.69) is 69.5 Å². The molecule has 0 aliphatic rings. The molecule has 30 heavy (non-hydrogen) atoms. The molecule has 0 radical (unpaired) electrons. The number of carbonyl (C=O) groups excluding carboxylic acids is 2. The highest BCUT2D eigenvalue weighted by molar-refractivity contribution is 5.95. The zero-order valence-corrected chi connectivity index (χ0v) is 19.3. The van der Waals surface area contributed by atoms with Gasteiger partial charge in [0.05, 0.1) is 0 Å². The summed E-state index contributed by atoms with van der Waals surface area (Å²) in [6.45, 7) is 11.3. The minimum absolute atomic E-state index is 0.0568. The summed E-state index contributed by atoms with van der Waals surface area (Å²) in [6, 6.07) is 15.9. The maximum Gasteiger partial charge on any atom is 0.279 e. The monoisotopic (exact) mass is 410 g/mol. The van der Waals surface area contributed by atoms with Crippen LogP contribution < -0.4 is 10.6 Å². The Morgan fingerprint density at radius 2 is 1.53 bits per heavy atom. The molecule has 0 aliphatic carbocycles. The highest BCUT2D eigenvalue weighted by atomic mass is 16.2. The van der Waals surface area contributed by atoms with Gasteiger partial charge in [-0.2, -0.15) is 0 Å². The smallest absolute Gasteiger partial charge is 0.279 e. The van der Waals surface area contributed by atoms with Gasteiger partial charge in [0.25, 0.3) is 11.8 Å². The SMILES string of the molecule is CC(C)[C@H]([NH2+]CC(=O)Nc1ccc(C(=O)N(C)C)cc1)c1ccc(C(C)(C)C)cc1.